The molecular formula is C14H15N3O2S. The second-order valence-electron chi connectivity index (χ2n) is 4.17. The third-order valence-electron chi connectivity index (χ3n) is 2.72. The lowest BCUT2D eigenvalue weighted by atomic mass is 10.2. The van der Waals surface area contributed by atoms with Crippen LogP contribution in [-0.4, -0.2) is 26.0 Å². The SMILES string of the molecule is CCc1nc(C)c(C(=O)O)c(SCc2ccccn2)n1. The molecule has 0 aliphatic heterocycles. The molecule has 2 heterocycles. The van der Waals surface area contributed by atoms with Gasteiger partial charge in [-0.15, -0.1) is 0 Å². The topological polar surface area (TPSA) is 76.0 Å². The van der Waals surface area contributed by atoms with Gasteiger partial charge >= 0.3 is 5.97 Å². The third kappa shape index (κ3) is 3.33. The monoisotopic (exact) mass is 289 g/mol. The smallest absolute Gasteiger partial charge is 0.340 e. The van der Waals surface area contributed by atoms with Crippen molar-refractivity contribution in [3.8, 4) is 0 Å². The molecule has 0 bridgehead atoms. The minimum atomic E-state index is -0.992. The van der Waals surface area contributed by atoms with Crippen LogP contribution in [0.3, 0.4) is 0 Å². The molecule has 0 atom stereocenters. The third-order valence-corrected chi connectivity index (χ3v) is 3.72. The molecule has 2 rings (SSSR count). The first-order valence-electron chi connectivity index (χ1n) is 6.25. The number of hydrogen-bond donors (Lipinski definition) is 1. The predicted octanol–water partition coefficient (Wildman–Crippen LogP) is 2.73. The molecular weight excluding hydrogens is 274 g/mol. The van der Waals surface area contributed by atoms with E-state index in [1.54, 1.807) is 13.1 Å². The minimum absolute atomic E-state index is 0.183. The molecule has 20 heavy (non-hydrogen) atoms. The van der Waals surface area contributed by atoms with E-state index in [2.05, 4.69) is 15.0 Å². The van der Waals surface area contributed by atoms with Gasteiger partial charge in [0, 0.05) is 18.4 Å². The zero-order chi connectivity index (χ0) is 14.5. The number of rotatable bonds is 5. The molecule has 0 saturated carbocycles. The molecule has 1 N–H and O–H groups in total. The van der Waals surface area contributed by atoms with Gasteiger partial charge in [0.25, 0.3) is 0 Å². The van der Waals surface area contributed by atoms with Gasteiger partial charge in [-0.3, -0.25) is 4.98 Å². The lowest BCUT2D eigenvalue weighted by Crippen LogP contribution is -2.09. The average Bonchev–Trinajstić information content (AvgIpc) is 2.45. The van der Waals surface area contributed by atoms with Crippen LogP contribution >= 0.6 is 11.8 Å². The number of thioether (sulfide) groups is 1. The van der Waals surface area contributed by atoms with E-state index in [1.807, 2.05) is 25.1 Å². The number of carboxylic acid groups (broad SMARTS) is 1. The number of aryl methyl sites for hydroxylation is 2. The summed E-state index contributed by atoms with van der Waals surface area (Å²) in [5, 5.41) is 9.81. The molecule has 2 aromatic rings. The standard InChI is InChI=1S/C14H15N3O2S/c1-3-11-16-9(2)12(14(18)19)13(17-11)20-8-10-6-4-5-7-15-10/h4-7H,3,8H2,1-2H3,(H,18,19). The summed E-state index contributed by atoms with van der Waals surface area (Å²) in [6.07, 6.45) is 2.40. The highest BCUT2D eigenvalue weighted by molar-refractivity contribution is 7.98. The van der Waals surface area contributed by atoms with Crippen LogP contribution in [-0.2, 0) is 12.2 Å². The van der Waals surface area contributed by atoms with Crippen LogP contribution in [0, 0.1) is 6.92 Å². The van der Waals surface area contributed by atoms with Gasteiger partial charge in [0.2, 0.25) is 0 Å². The highest BCUT2D eigenvalue weighted by Crippen LogP contribution is 2.25. The number of carboxylic acids is 1. The van der Waals surface area contributed by atoms with E-state index in [-0.39, 0.29) is 5.56 Å². The number of carbonyl (C=O) groups is 1. The van der Waals surface area contributed by atoms with Crippen LogP contribution in [0.5, 0.6) is 0 Å². The van der Waals surface area contributed by atoms with Crippen molar-refractivity contribution in [3.63, 3.8) is 0 Å². The van der Waals surface area contributed by atoms with Crippen LogP contribution in [0.15, 0.2) is 29.4 Å². The van der Waals surface area contributed by atoms with Crippen molar-refractivity contribution in [3.05, 3.63) is 47.2 Å². The zero-order valence-corrected chi connectivity index (χ0v) is 12.1. The largest absolute Gasteiger partial charge is 0.478 e. The van der Waals surface area contributed by atoms with Crippen molar-refractivity contribution >= 4 is 17.7 Å². The summed E-state index contributed by atoms with van der Waals surface area (Å²) in [5.74, 6) is 0.255. The molecule has 104 valence electrons. The Kier molecular flexibility index (Phi) is 4.68. The van der Waals surface area contributed by atoms with Crippen molar-refractivity contribution in [2.24, 2.45) is 0 Å². The average molecular weight is 289 g/mol. The first kappa shape index (κ1) is 14.5. The van der Waals surface area contributed by atoms with Gasteiger partial charge < -0.3 is 5.11 Å². The number of pyridine rings is 1. The van der Waals surface area contributed by atoms with Crippen LogP contribution in [0.2, 0.25) is 0 Å². The van der Waals surface area contributed by atoms with Gasteiger partial charge in [0.1, 0.15) is 16.4 Å². The molecule has 0 saturated heterocycles. The van der Waals surface area contributed by atoms with Crippen molar-refractivity contribution in [2.75, 3.05) is 0 Å². The fourth-order valence-electron chi connectivity index (χ4n) is 1.74. The maximum atomic E-state index is 11.3. The maximum Gasteiger partial charge on any atom is 0.340 e. The van der Waals surface area contributed by atoms with Crippen molar-refractivity contribution < 1.29 is 9.90 Å². The second-order valence-corrected chi connectivity index (χ2v) is 5.14. The predicted molar refractivity (Wildman–Crippen MR) is 76.9 cm³/mol. The quantitative estimate of drug-likeness (QED) is 0.673. The summed E-state index contributed by atoms with van der Waals surface area (Å²) in [5.41, 5.74) is 1.58. The second kappa shape index (κ2) is 6.47. The Hall–Kier alpha value is -1.95. The highest BCUT2D eigenvalue weighted by atomic mass is 32.2. The first-order chi connectivity index (χ1) is 9.61. The van der Waals surface area contributed by atoms with Gasteiger partial charge in [-0.1, -0.05) is 24.8 Å². The van der Waals surface area contributed by atoms with Gasteiger partial charge in [-0.2, -0.15) is 0 Å². The molecule has 0 fully saturated rings. The molecule has 0 unspecified atom stereocenters. The summed E-state index contributed by atoms with van der Waals surface area (Å²) in [7, 11) is 0. The van der Waals surface area contributed by atoms with Gasteiger partial charge in [-0.25, -0.2) is 14.8 Å². The summed E-state index contributed by atoms with van der Waals surface area (Å²) < 4.78 is 0. The van der Waals surface area contributed by atoms with Crippen LogP contribution in [0.25, 0.3) is 0 Å². The summed E-state index contributed by atoms with van der Waals surface area (Å²) in [6, 6.07) is 5.66. The van der Waals surface area contributed by atoms with E-state index >= 15 is 0 Å². The summed E-state index contributed by atoms with van der Waals surface area (Å²) in [6.45, 7) is 3.65. The normalized spacial score (nSPS) is 10.5. The molecule has 2 aromatic heterocycles. The van der Waals surface area contributed by atoms with E-state index in [9.17, 15) is 9.90 Å². The zero-order valence-electron chi connectivity index (χ0n) is 11.3. The Labute approximate surface area is 121 Å². The van der Waals surface area contributed by atoms with E-state index in [1.165, 1.54) is 11.8 Å². The Morgan fingerprint density at radius 3 is 2.75 bits per heavy atom. The summed E-state index contributed by atoms with van der Waals surface area (Å²) in [4.78, 5) is 24.1. The van der Waals surface area contributed by atoms with Gasteiger partial charge in [0.15, 0.2) is 0 Å². The van der Waals surface area contributed by atoms with Crippen LogP contribution in [0.4, 0.5) is 0 Å². The lowest BCUT2D eigenvalue weighted by Gasteiger charge is -2.09. The number of nitrogens with zero attached hydrogens (tertiary/aromatic N) is 3. The van der Waals surface area contributed by atoms with E-state index in [4.69, 9.17) is 0 Å². The molecule has 0 radical (unpaired) electrons. The van der Waals surface area contributed by atoms with Crippen molar-refractivity contribution in [2.45, 2.75) is 31.0 Å². The number of aromatic nitrogens is 3. The summed E-state index contributed by atoms with van der Waals surface area (Å²) >= 11 is 1.38. The van der Waals surface area contributed by atoms with E-state index < -0.39 is 5.97 Å². The first-order valence-corrected chi connectivity index (χ1v) is 7.24. The number of hydrogen-bond acceptors (Lipinski definition) is 5. The Morgan fingerprint density at radius 2 is 2.15 bits per heavy atom. The van der Waals surface area contributed by atoms with Crippen LogP contribution in [0.1, 0.15) is 34.5 Å². The molecule has 0 aliphatic carbocycles. The molecule has 0 aromatic carbocycles. The fourth-order valence-corrected chi connectivity index (χ4v) is 2.74. The van der Waals surface area contributed by atoms with Crippen molar-refractivity contribution in [1.82, 2.24) is 15.0 Å². The van der Waals surface area contributed by atoms with E-state index in [0.717, 1.165) is 5.69 Å². The Bertz CT molecular complexity index is 617. The minimum Gasteiger partial charge on any atom is -0.478 e. The molecule has 5 nitrogen and oxygen atoms in total. The van der Waals surface area contributed by atoms with Gasteiger partial charge in [0.05, 0.1) is 11.4 Å². The Balaban J connectivity index is 2.29. The maximum absolute atomic E-state index is 11.3. The fraction of sp³-hybridized carbons (Fsp3) is 0.286. The lowest BCUT2D eigenvalue weighted by molar-refractivity contribution is 0.0690. The van der Waals surface area contributed by atoms with Gasteiger partial charge in [-0.05, 0) is 19.1 Å². The van der Waals surface area contributed by atoms with Crippen molar-refractivity contribution in [1.29, 1.82) is 0 Å². The number of aromatic carboxylic acids is 1. The molecule has 0 amide bonds. The highest BCUT2D eigenvalue weighted by Gasteiger charge is 2.18. The Morgan fingerprint density at radius 1 is 1.35 bits per heavy atom. The molecule has 0 aliphatic rings. The van der Waals surface area contributed by atoms with E-state index in [0.29, 0.717) is 28.7 Å². The van der Waals surface area contributed by atoms with Crippen LogP contribution < -0.4 is 0 Å². The molecule has 6 heteroatoms. The molecule has 0 spiro atoms.